The van der Waals surface area contributed by atoms with E-state index in [2.05, 4.69) is 0 Å². The number of hydrogen-bond donors (Lipinski definition) is 2. The van der Waals surface area contributed by atoms with Gasteiger partial charge < -0.3 is 25.2 Å². The Hall–Kier alpha value is -3.13. The molecular weight excluding hydrogens is 396 g/mol. The van der Waals surface area contributed by atoms with Crippen molar-refractivity contribution in [2.24, 2.45) is 5.73 Å². The smallest absolute Gasteiger partial charge is 0.256 e. The van der Waals surface area contributed by atoms with Gasteiger partial charge in [-0.15, -0.1) is 0 Å². The fourth-order valence-electron chi connectivity index (χ4n) is 4.91. The van der Waals surface area contributed by atoms with E-state index in [4.69, 9.17) is 5.73 Å². The fraction of sp³-hybridized carbons (Fsp3) is 0.435. The number of nitrogens with two attached hydrogens (primary N) is 1. The Morgan fingerprint density at radius 3 is 2.55 bits per heavy atom. The number of likely N-dealkylation sites (tertiary alicyclic amines) is 2. The quantitative estimate of drug-likeness (QED) is 0.672. The largest absolute Gasteiger partial charge is 0.391 e. The van der Waals surface area contributed by atoms with Crippen LogP contribution in [-0.4, -0.2) is 68.0 Å². The molecule has 2 aromatic rings. The van der Waals surface area contributed by atoms with E-state index in [1.54, 1.807) is 11.0 Å². The molecule has 31 heavy (non-hydrogen) atoms. The Bertz CT molecular complexity index is 1020. The molecule has 1 unspecified atom stereocenters. The molecule has 0 radical (unpaired) electrons. The summed E-state index contributed by atoms with van der Waals surface area (Å²) in [5.41, 5.74) is 7.00. The third kappa shape index (κ3) is 3.40. The maximum absolute atomic E-state index is 13.4. The van der Waals surface area contributed by atoms with Crippen LogP contribution in [-0.2, 0) is 16.1 Å². The molecular formula is C23H28N4O4. The molecule has 4 rings (SSSR count). The molecule has 3 heterocycles. The summed E-state index contributed by atoms with van der Waals surface area (Å²) in [4.78, 5) is 41.2. The van der Waals surface area contributed by atoms with Crippen LogP contribution in [0.1, 0.15) is 41.4 Å². The Labute approximate surface area is 181 Å². The van der Waals surface area contributed by atoms with Crippen LogP contribution < -0.4 is 5.73 Å². The Morgan fingerprint density at radius 2 is 1.94 bits per heavy atom. The van der Waals surface area contributed by atoms with E-state index in [1.165, 1.54) is 11.8 Å². The van der Waals surface area contributed by atoms with Gasteiger partial charge in [-0.25, -0.2) is 0 Å². The second-order valence-corrected chi connectivity index (χ2v) is 8.54. The van der Waals surface area contributed by atoms with Gasteiger partial charge in [-0.05, 0) is 38.3 Å². The molecule has 3 atom stereocenters. The highest BCUT2D eigenvalue weighted by molar-refractivity contribution is 6.04. The van der Waals surface area contributed by atoms with E-state index in [1.807, 2.05) is 48.0 Å². The number of primary amides is 1. The molecule has 2 fully saturated rings. The summed E-state index contributed by atoms with van der Waals surface area (Å²) in [6.07, 6.45) is 2.08. The number of aromatic nitrogens is 1. The summed E-state index contributed by atoms with van der Waals surface area (Å²) in [5.74, 6) is -1.24. The lowest BCUT2D eigenvalue weighted by molar-refractivity contribution is -0.169. The molecule has 2 aliphatic rings. The molecule has 1 spiro atoms. The zero-order valence-corrected chi connectivity index (χ0v) is 17.8. The minimum absolute atomic E-state index is 0.178. The van der Waals surface area contributed by atoms with Gasteiger partial charge >= 0.3 is 0 Å². The molecule has 2 aliphatic heterocycles. The second kappa shape index (κ2) is 7.85. The van der Waals surface area contributed by atoms with Crippen LogP contribution in [0.5, 0.6) is 0 Å². The number of benzene rings is 1. The lowest BCUT2D eigenvalue weighted by atomic mass is 9.83. The van der Waals surface area contributed by atoms with Crippen molar-refractivity contribution in [3.05, 3.63) is 59.4 Å². The summed E-state index contributed by atoms with van der Waals surface area (Å²) in [6, 6.07) is 10.7. The van der Waals surface area contributed by atoms with E-state index in [9.17, 15) is 19.5 Å². The van der Waals surface area contributed by atoms with Gasteiger partial charge in [0.1, 0.15) is 11.6 Å². The number of aliphatic hydroxyl groups is 1. The van der Waals surface area contributed by atoms with Gasteiger partial charge in [0.2, 0.25) is 5.91 Å². The molecule has 0 bridgehead atoms. The van der Waals surface area contributed by atoms with Gasteiger partial charge in [0, 0.05) is 25.0 Å². The topological polar surface area (TPSA) is 109 Å². The first kappa shape index (κ1) is 21.1. The highest BCUT2D eigenvalue weighted by Crippen LogP contribution is 2.41. The standard InChI is InChI=1S/C23H28N4O4/c1-15-18(9-12-25(15)13-17-7-4-3-5-8-17)21(30)27-11-6-10-23(27)14-26(22(23)31)19(16(2)28)20(24)29/h3-5,7-9,12,16,19,28H,6,10-11,13-14H2,1-2H3,(H2,24,29)/t16-,19+,23?/m1/s1. The third-order valence-corrected chi connectivity index (χ3v) is 6.58. The maximum Gasteiger partial charge on any atom is 0.256 e. The molecule has 0 saturated carbocycles. The maximum atomic E-state index is 13.4. The van der Waals surface area contributed by atoms with E-state index in [0.29, 0.717) is 31.5 Å². The predicted molar refractivity (Wildman–Crippen MR) is 114 cm³/mol. The van der Waals surface area contributed by atoms with Crippen LogP contribution >= 0.6 is 0 Å². The van der Waals surface area contributed by atoms with Crippen molar-refractivity contribution in [1.82, 2.24) is 14.4 Å². The van der Waals surface area contributed by atoms with E-state index >= 15 is 0 Å². The van der Waals surface area contributed by atoms with Crippen LogP contribution in [0.2, 0.25) is 0 Å². The Morgan fingerprint density at radius 1 is 1.23 bits per heavy atom. The number of amides is 3. The normalized spacial score (nSPS) is 22.5. The zero-order chi connectivity index (χ0) is 22.3. The summed E-state index contributed by atoms with van der Waals surface area (Å²) in [6.45, 7) is 4.69. The SMILES string of the molecule is Cc1c(C(=O)N2CCCC23CN([C@H](C(N)=O)[C@@H](C)O)C3=O)ccn1Cc1ccccc1. The van der Waals surface area contributed by atoms with Crippen molar-refractivity contribution >= 4 is 17.7 Å². The minimum atomic E-state index is -1.08. The van der Waals surface area contributed by atoms with Gasteiger partial charge in [-0.1, -0.05) is 30.3 Å². The van der Waals surface area contributed by atoms with E-state index in [0.717, 1.165) is 11.3 Å². The first-order valence-electron chi connectivity index (χ1n) is 10.6. The summed E-state index contributed by atoms with van der Waals surface area (Å²) < 4.78 is 2.02. The molecule has 1 aromatic heterocycles. The molecule has 3 N–H and O–H groups in total. The number of nitrogens with zero attached hydrogens (tertiary/aromatic N) is 3. The van der Waals surface area contributed by atoms with Crippen LogP contribution in [0.3, 0.4) is 0 Å². The number of carbonyl (C=O) groups excluding carboxylic acids is 3. The molecule has 1 aromatic carbocycles. The van der Waals surface area contributed by atoms with Crippen molar-refractivity contribution in [2.75, 3.05) is 13.1 Å². The first-order chi connectivity index (χ1) is 14.8. The number of carbonyl (C=O) groups is 3. The lowest BCUT2D eigenvalue weighted by Crippen LogP contribution is -2.77. The monoisotopic (exact) mass is 424 g/mol. The van der Waals surface area contributed by atoms with Crippen molar-refractivity contribution in [2.45, 2.75) is 50.9 Å². The van der Waals surface area contributed by atoms with Crippen molar-refractivity contribution in [3.8, 4) is 0 Å². The average Bonchev–Trinajstić information content (AvgIpc) is 3.33. The Balaban J connectivity index is 1.54. The van der Waals surface area contributed by atoms with Gasteiger partial charge in [-0.3, -0.25) is 14.4 Å². The molecule has 2 saturated heterocycles. The fourth-order valence-corrected chi connectivity index (χ4v) is 4.91. The van der Waals surface area contributed by atoms with Gasteiger partial charge in [-0.2, -0.15) is 0 Å². The zero-order valence-electron chi connectivity index (χ0n) is 17.8. The summed E-state index contributed by atoms with van der Waals surface area (Å²) >= 11 is 0. The van der Waals surface area contributed by atoms with Crippen LogP contribution in [0.25, 0.3) is 0 Å². The molecule has 0 aliphatic carbocycles. The summed E-state index contributed by atoms with van der Waals surface area (Å²) in [7, 11) is 0. The van der Waals surface area contributed by atoms with Crippen LogP contribution in [0.4, 0.5) is 0 Å². The number of hydrogen-bond acceptors (Lipinski definition) is 4. The molecule has 8 heteroatoms. The van der Waals surface area contributed by atoms with Gasteiger partial charge in [0.15, 0.2) is 0 Å². The third-order valence-electron chi connectivity index (χ3n) is 6.58. The second-order valence-electron chi connectivity index (χ2n) is 8.54. The molecule has 3 amide bonds. The number of aliphatic hydroxyl groups excluding tert-OH is 1. The Kier molecular flexibility index (Phi) is 5.35. The highest BCUT2D eigenvalue weighted by Gasteiger charge is 2.62. The van der Waals surface area contributed by atoms with Gasteiger partial charge in [0.05, 0.1) is 18.2 Å². The van der Waals surface area contributed by atoms with E-state index < -0.39 is 23.6 Å². The van der Waals surface area contributed by atoms with Crippen molar-refractivity contribution < 1.29 is 19.5 Å². The average molecular weight is 425 g/mol. The summed E-state index contributed by atoms with van der Waals surface area (Å²) in [5, 5.41) is 9.90. The number of rotatable bonds is 6. The predicted octanol–water partition coefficient (Wildman–Crippen LogP) is 0.897. The molecule has 164 valence electrons. The highest BCUT2D eigenvalue weighted by atomic mass is 16.3. The van der Waals surface area contributed by atoms with E-state index in [-0.39, 0.29) is 18.4 Å². The van der Waals surface area contributed by atoms with Crippen molar-refractivity contribution in [3.63, 3.8) is 0 Å². The van der Waals surface area contributed by atoms with Gasteiger partial charge in [0.25, 0.3) is 11.8 Å². The molecule has 8 nitrogen and oxygen atoms in total. The lowest BCUT2D eigenvalue weighted by Gasteiger charge is -2.53. The van der Waals surface area contributed by atoms with Crippen LogP contribution in [0.15, 0.2) is 42.6 Å². The van der Waals surface area contributed by atoms with Crippen LogP contribution in [0, 0.1) is 6.92 Å². The van der Waals surface area contributed by atoms with Crippen molar-refractivity contribution in [1.29, 1.82) is 0 Å². The number of β-lactam (4-membered cyclic amide) rings is 1. The first-order valence-corrected chi connectivity index (χ1v) is 10.6. The minimum Gasteiger partial charge on any atom is -0.391 e.